The highest BCUT2D eigenvalue weighted by Gasteiger charge is 2.30. The highest BCUT2D eigenvalue weighted by Crippen LogP contribution is 2.24. The Morgan fingerprint density at radius 1 is 1.43 bits per heavy atom. The Morgan fingerprint density at radius 3 is 2.67 bits per heavy atom. The van der Waals surface area contributed by atoms with Gasteiger partial charge >= 0.3 is 11.9 Å². The smallest absolute Gasteiger partial charge is 0.322 e. The Labute approximate surface area is 125 Å². The number of nitrogens with zero attached hydrogens (tertiary/aromatic N) is 4. The predicted octanol–water partition coefficient (Wildman–Crippen LogP) is 2.59. The molecule has 6 heteroatoms. The van der Waals surface area contributed by atoms with Crippen molar-refractivity contribution in [1.29, 1.82) is 0 Å². The largest absolute Gasteiger partial charge is 0.460 e. The van der Waals surface area contributed by atoms with E-state index in [1.807, 2.05) is 25.7 Å². The molecule has 1 aromatic rings. The maximum atomic E-state index is 12.0. The van der Waals surface area contributed by atoms with Crippen molar-refractivity contribution in [2.24, 2.45) is 5.92 Å². The zero-order valence-electron chi connectivity index (χ0n) is 12.7. The minimum absolute atomic E-state index is 0.0653. The lowest BCUT2D eigenvalue weighted by atomic mass is 9.97. The Balaban J connectivity index is 1.94. The van der Waals surface area contributed by atoms with Gasteiger partial charge in [-0.1, -0.05) is 11.6 Å². The maximum Gasteiger partial charge on any atom is 0.322 e. The fourth-order valence-electron chi connectivity index (χ4n) is 2.25. The molecule has 0 aromatic carbocycles. The van der Waals surface area contributed by atoms with E-state index in [2.05, 4.69) is 14.8 Å². The Morgan fingerprint density at radius 2 is 2.10 bits per heavy atom. The Kier molecular flexibility index (Phi) is 4.41. The zero-order chi connectivity index (χ0) is 15.5. The summed E-state index contributed by atoms with van der Waals surface area (Å²) in [7, 11) is 0. The predicted molar refractivity (Wildman–Crippen MR) is 79.1 cm³/mol. The normalized spacial score (nSPS) is 16.4. The molecule has 0 spiro atoms. The molecule has 0 unspecified atom stereocenters. The van der Waals surface area contributed by atoms with E-state index >= 15 is 0 Å². The number of anilines is 1. The van der Waals surface area contributed by atoms with Gasteiger partial charge in [0.25, 0.3) is 5.82 Å². The molecule has 0 saturated carbocycles. The van der Waals surface area contributed by atoms with Crippen molar-refractivity contribution >= 4 is 17.7 Å². The summed E-state index contributed by atoms with van der Waals surface area (Å²) >= 11 is 0. The highest BCUT2D eigenvalue weighted by atomic mass is 16.6. The third kappa shape index (κ3) is 4.15. The summed E-state index contributed by atoms with van der Waals surface area (Å²) in [4.78, 5) is 25.7. The van der Waals surface area contributed by atoms with Crippen molar-refractivity contribution in [2.75, 3.05) is 18.0 Å². The van der Waals surface area contributed by atoms with Crippen molar-refractivity contribution in [3.63, 3.8) is 0 Å². The molecular weight excluding hydrogens is 268 g/mol. The van der Waals surface area contributed by atoms with E-state index in [4.69, 9.17) is 11.3 Å². The molecule has 6 nitrogen and oxygen atoms in total. The zero-order valence-corrected chi connectivity index (χ0v) is 12.7. The van der Waals surface area contributed by atoms with Gasteiger partial charge in [0.1, 0.15) is 5.60 Å². The summed E-state index contributed by atoms with van der Waals surface area (Å²) < 4.78 is 5.43. The number of rotatable bonds is 2. The Bertz CT molecular complexity index is 552. The number of esters is 1. The van der Waals surface area contributed by atoms with Crippen LogP contribution in [0.15, 0.2) is 12.3 Å². The molecule has 21 heavy (non-hydrogen) atoms. The highest BCUT2D eigenvalue weighted by molar-refractivity contribution is 5.73. The number of piperidine rings is 1. The van der Waals surface area contributed by atoms with Crippen molar-refractivity contribution < 1.29 is 9.53 Å². The first-order valence-electron chi connectivity index (χ1n) is 7.07. The van der Waals surface area contributed by atoms with Gasteiger partial charge in [-0.15, -0.1) is 0 Å². The average molecular weight is 288 g/mol. The van der Waals surface area contributed by atoms with Gasteiger partial charge in [0.15, 0.2) is 0 Å². The second kappa shape index (κ2) is 6.08. The van der Waals surface area contributed by atoms with Gasteiger partial charge in [-0.05, 0) is 39.7 Å². The number of carbonyl (C=O) groups excluding carboxylic acids is 1. The molecule has 0 aliphatic carbocycles. The average Bonchev–Trinajstić information content (AvgIpc) is 2.46. The van der Waals surface area contributed by atoms with E-state index < -0.39 is 5.60 Å². The van der Waals surface area contributed by atoms with Crippen LogP contribution >= 0.6 is 0 Å². The summed E-state index contributed by atoms with van der Waals surface area (Å²) in [6, 6.07) is 1.59. The number of hydrogen-bond acceptors (Lipinski definition) is 5. The van der Waals surface area contributed by atoms with Crippen molar-refractivity contribution in [1.82, 2.24) is 9.97 Å². The van der Waals surface area contributed by atoms with Crippen LogP contribution in [-0.4, -0.2) is 34.6 Å². The first-order valence-corrected chi connectivity index (χ1v) is 7.07. The van der Waals surface area contributed by atoms with E-state index in [-0.39, 0.29) is 11.9 Å². The van der Waals surface area contributed by atoms with Gasteiger partial charge in [-0.25, -0.2) is 4.98 Å². The first-order chi connectivity index (χ1) is 9.89. The fraction of sp³-hybridized carbons (Fsp3) is 0.600. The van der Waals surface area contributed by atoms with Crippen LogP contribution in [0.4, 0.5) is 11.8 Å². The van der Waals surface area contributed by atoms with Gasteiger partial charge in [0, 0.05) is 19.3 Å². The minimum Gasteiger partial charge on any atom is -0.460 e. The molecule has 1 aliphatic rings. The van der Waals surface area contributed by atoms with Crippen LogP contribution in [0.3, 0.4) is 0 Å². The number of ether oxygens (including phenoxy) is 1. The van der Waals surface area contributed by atoms with Crippen LogP contribution < -0.4 is 4.90 Å². The van der Waals surface area contributed by atoms with Crippen molar-refractivity contribution in [3.8, 4) is 0 Å². The minimum atomic E-state index is -0.443. The third-order valence-corrected chi connectivity index (χ3v) is 3.26. The van der Waals surface area contributed by atoms with Crippen LogP contribution in [0.2, 0.25) is 0 Å². The third-order valence-electron chi connectivity index (χ3n) is 3.26. The van der Waals surface area contributed by atoms with Gasteiger partial charge in [0.05, 0.1) is 5.92 Å². The summed E-state index contributed by atoms with van der Waals surface area (Å²) in [6.45, 7) is 14.0. The summed E-state index contributed by atoms with van der Waals surface area (Å²) in [5, 5.41) is 0. The van der Waals surface area contributed by atoms with E-state index in [1.54, 1.807) is 12.3 Å². The lowest BCUT2D eigenvalue weighted by molar-refractivity contribution is -0.160. The molecule has 0 amide bonds. The van der Waals surface area contributed by atoms with E-state index in [1.165, 1.54) is 0 Å². The number of carbonyl (C=O) groups is 1. The molecule has 2 rings (SSSR count). The lowest BCUT2D eigenvalue weighted by Crippen LogP contribution is -2.39. The molecule has 112 valence electrons. The van der Waals surface area contributed by atoms with Crippen LogP contribution in [0.25, 0.3) is 4.85 Å². The fourth-order valence-corrected chi connectivity index (χ4v) is 2.25. The number of hydrogen-bond donors (Lipinski definition) is 0. The molecule has 0 bridgehead atoms. The number of aromatic nitrogens is 2. The Hall–Kier alpha value is -2.16. The van der Waals surface area contributed by atoms with E-state index in [0.717, 1.165) is 12.8 Å². The van der Waals surface area contributed by atoms with E-state index in [0.29, 0.717) is 24.9 Å². The van der Waals surface area contributed by atoms with Crippen LogP contribution in [0, 0.1) is 12.5 Å². The second-order valence-corrected chi connectivity index (χ2v) is 6.12. The standard InChI is InChI=1S/C15H20N4O2/c1-15(2,3)21-13(20)11-6-9-19(10-7-11)14-17-8-5-12(16-4)18-14/h5,8,11H,6-7,9-10H2,1-3H3. The molecule has 0 N–H and O–H groups in total. The molecule has 1 saturated heterocycles. The van der Waals surface area contributed by atoms with Gasteiger partial charge < -0.3 is 14.5 Å². The van der Waals surface area contributed by atoms with Gasteiger partial charge in [0.2, 0.25) is 0 Å². The second-order valence-electron chi connectivity index (χ2n) is 6.12. The van der Waals surface area contributed by atoms with Crippen molar-refractivity contribution in [3.05, 3.63) is 23.7 Å². The van der Waals surface area contributed by atoms with E-state index in [9.17, 15) is 4.79 Å². The monoisotopic (exact) mass is 288 g/mol. The molecular formula is C15H20N4O2. The molecule has 2 heterocycles. The van der Waals surface area contributed by atoms with Crippen LogP contribution in [0.5, 0.6) is 0 Å². The molecule has 1 aromatic heterocycles. The topological polar surface area (TPSA) is 59.7 Å². The van der Waals surface area contributed by atoms with Crippen molar-refractivity contribution in [2.45, 2.75) is 39.2 Å². The maximum absolute atomic E-state index is 12.0. The molecule has 0 atom stereocenters. The lowest BCUT2D eigenvalue weighted by Gasteiger charge is -2.31. The SMILES string of the molecule is [C-]#[N+]c1ccnc(N2CCC(C(=O)OC(C)(C)C)CC2)n1. The molecule has 1 fully saturated rings. The summed E-state index contributed by atoms with van der Waals surface area (Å²) in [5.74, 6) is 0.711. The van der Waals surface area contributed by atoms with Crippen LogP contribution in [0.1, 0.15) is 33.6 Å². The van der Waals surface area contributed by atoms with Gasteiger partial charge in [-0.3, -0.25) is 4.79 Å². The molecule has 0 radical (unpaired) electrons. The van der Waals surface area contributed by atoms with Crippen LogP contribution in [-0.2, 0) is 9.53 Å². The first kappa shape index (κ1) is 15.2. The summed E-state index contributed by atoms with van der Waals surface area (Å²) in [6.07, 6.45) is 3.04. The quantitative estimate of drug-likeness (QED) is 0.618. The molecule has 1 aliphatic heterocycles. The summed E-state index contributed by atoms with van der Waals surface area (Å²) in [5.41, 5.74) is -0.443. The van der Waals surface area contributed by atoms with Gasteiger partial charge in [-0.2, -0.15) is 0 Å².